The van der Waals surface area contributed by atoms with E-state index in [9.17, 15) is 4.79 Å². The Hall–Kier alpha value is -0.420. The van der Waals surface area contributed by atoms with Gasteiger partial charge in [-0.1, -0.05) is 18.7 Å². The van der Waals surface area contributed by atoms with Crippen LogP contribution >= 0.6 is 23.3 Å². The van der Waals surface area contributed by atoms with Crippen molar-refractivity contribution in [3.63, 3.8) is 0 Å². The predicted octanol–water partition coefficient (Wildman–Crippen LogP) is 1.39. The van der Waals surface area contributed by atoms with Crippen LogP contribution in [0.1, 0.15) is 12.7 Å². The molecule has 3 nitrogen and oxygen atoms in total. The van der Waals surface area contributed by atoms with Gasteiger partial charge in [0.2, 0.25) is 0 Å². The van der Waals surface area contributed by atoms with E-state index in [4.69, 9.17) is 0 Å². The Balaban J connectivity index is 2.50. The molecule has 0 saturated heterocycles. The minimum absolute atomic E-state index is 0.471. The van der Waals surface area contributed by atoms with Crippen LogP contribution in [-0.4, -0.2) is 21.4 Å². The van der Waals surface area contributed by atoms with Gasteiger partial charge >= 0.3 is 0 Å². The van der Waals surface area contributed by atoms with Gasteiger partial charge in [0, 0.05) is 6.42 Å². The first-order valence-electron chi connectivity index (χ1n) is 3.25. The molecule has 0 bridgehead atoms. The number of aryl methyl sites for hydroxylation is 1. The lowest BCUT2D eigenvalue weighted by Crippen LogP contribution is -1.82. The van der Waals surface area contributed by atoms with E-state index in [0.29, 0.717) is 5.75 Å². The molecule has 60 valence electrons. The van der Waals surface area contributed by atoms with Gasteiger partial charge < -0.3 is 4.79 Å². The fourth-order valence-electron chi connectivity index (χ4n) is 0.545. The van der Waals surface area contributed by atoms with Crippen LogP contribution in [0.3, 0.4) is 0 Å². The Morgan fingerprint density at radius 1 is 1.73 bits per heavy atom. The molecule has 1 rings (SSSR count). The quantitative estimate of drug-likeness (QED) is 0.529. The van der Waals surface area contributed by atoms with E-state index in [1.807, 2.05) is 6.92 Å². The summed E-state index contributed by atoms with van der Waals surface area (Å²) < 4.78 is 4.96. The van der Waals surface area contributed by atoms with Crippen LogP contribution in [0.5, 0.6) is 0 Å². The highest BCUT2D eigenvalue weighted by atomic mass is 32.2. The van der Waals surface area contributed by atoms with E-state index in [1.54, 1.807) is 0 Å². The van der Waals surface area contributed by atoms with Gasteiger partial charge in [0.25, 0.3) is 0 Å². The van der Waals surface area contributed by atoms with E-state index in [0.717, 1.165) is 22.9 Å². The smallest absolute Gasteiger partial charge is 0.170 e. The van der Waals surface area contributed by atoms with Gasteiger partial charge in [0.05, 0.1) is 5.75 Å². The molecule has 0 amide bonds. The lowest BCUT2D eigenvalue weighted by molar-refractivity contribution is -0.105. The molecule has 0 spiro atoms. The highest BCUT2D eigenvalue weighted by Gasteiger charge is 2.00. The summed E-state index contributed by atoms with van der Waals surface area (Å²) in [6, 6.07) is 0. The molecule has 0 radical (unpaired) electrons. The van der Waals surface area contributed by atoms with Gasteiger partial charge in [-0.05, 0) is 11.5 Å². The van der Waals surface area contributed by atoms with Crippen LogP contribution < -0.4 is 0 Å². The summed E-state index contributed by atoms with van der Waals surface area (Å²) >= 11 is 2.79. The summed E-state index contributed by atoms with van der Waals surface area (Å²) in [6.45, 7) is 2.01. The van der Waals surface area contributed by atoms with Crippen molar-refractivity contribution in [3.8, 4) is 0 Å². The van der Waals surface area contributed by atoms with Gasteiger partial charge in [0.15, 0.2) is 4.34 Å². The van der Waals surface area contributed by atoms with Crippen LogP contribution in [0.4, 0.5) is 0 Å². The molecule has 5 heteroatoms. The van der Waals surface area contributed by atoms with Crippen LogP contribution in [0, 0.1) is 0 Å². The van der Waals surface area contributed by atoms with Crippen LogP contribution in [0.2, 0.25) is 0 Å². The molecule has 0 unspecified atom stereocenters. The molecular weight excluding hydrogens is 180 g/mol. The maximum absolute atomic E-state index is 9.99. The number of rotatable bonds is 4. The van der Waals surface area contributed by atoms with E-state index in [-0.39, 0.29) is 0 Å². The van der Waals surface area contributed by atoms with Crippen molar-refractivity contribution >= 4 is 29.6 Å². The second kappa shape index (κ2) is 4.46. The molecule has 0 aliphatic rings. The average molecular weight is 188 g/mol. The zero-order valence-corrected chi connectivity index (χ0v) is 7.74. The molecule has 1 aromatic rings. The topological polar surface area (TPSA) is 42.9 Å². The first kappa shape index (κ1) is 8.67. The van der Waals surface area contributed by atoms with Crippen LogP contribution in [-0.2, 0) is 11.2 Å². The molecule has 0 fully saturated rings. The maximum Gasteiger partial charge on any atom is 0.170 e. The van der Waals surface area contributed by atoms with Crippen molar-refractivity contribution in [1.82, 2.24) is 9.36 Å². The molecule has 0 atom stereocenters. The van der Waals surface area contributed by atoms with Gasteiger partial charge in [-0.2, -0.15) is 4.37 Å². The molecule has 0 aromatic carbocycles. The lowest BCUT2D eigenvalue weighted by atomic mass is 10.5. The summed E-state index contributed by atoms with van der Waals surface area (Å²) in [5, 5.41) is 0. The minimum Gasteiger partial charge on any atom is -0.302 e. The fraction of sp³-hybridized carbons (Fsp3) is 0.500. The van der Waals surface area contributed by atoms with Crippen molar-refractivity contribution in [2.24, 2.45) is 0 Å². The fourth-order valence-corrected chi connectivity index (χ4v) is 1.95. The largest absolute Gasteiger partial charge is 0.302 e. The Kier molecular flexibility index (Phi) is 3.51. The molecule has 11 heavy (non-hydrogen) atoms. The van der Waals surface area contributed by atoms with Gasteiger partial charge in [-0.25, -0.2) is 4.98 Å². The summed E-state index contributed by atoms with van der Waals surface area (Å²) in [5.41, 5.74) is 0. The second-order valence-corrected chi connectivity index (χ2v) is 3.83. The molecule has 1 aromatic heterocycles. The van der Waals surface area contributed by atoms with Gasteiger partial charge in [0.1, 0.15) is 12.1 Å². The van der Waals surface area contributed by atoms with E-state index < -0.39 is 0 Å². The van der Waals surface area contributed by atoms with Crippen molar-refractivity contribution < 1.29 is 4.79 Å². The number of carbonyl (C=O) groups excluding carboxylic acids is 1. The first-order chi connectivity index (χ1) is 5.36. The number of aromatic nitrogens is 2. The monoisotopic (exact) mass is 188 g/mol. The van der Waals surface area contributed by atoms with Gasteiger partial charge in [-0.3, -0.25) is 0 Å². The minimum atomic E-state index is 0.471. The molecule has 0 aliphatic heterocycles. The van der Waals surface area contributed by atoms with Gasteiger partial charge in [-0.15, -0.1) is 0 Å². The summed E-state index contributed by atoms with van der Waals surface area (Å²) in [5.74, 6) is 1.33. The van der Waals surface area contributed by atoms with Crippen molar-refractivity contribution in [2.75, 3.05) is 5.75 Å². The van der Waals surface area contributed by atoms with E-state index >= 15 is 0 Å². The summed E-state index contributed by atoms with van der Waals surface area (Å²) in [6.07, 6.45) is 1.73. The number of hydrogen-bond donors (Lipinski definition) is 0. The molecule has 1 heterocycles. The molecular formula is C6H8N2OS2. The normalized spacial score (nSPS) is 9.91. The SMILES string of the molecule is CCc1nsc(SCC=O)n1. The lowest BCUT2D eigenvalue weighted by Gasteiger charge is -1.84. The zero-order valence-electron chi connectivity index (χ0n) is 6.11. The maximum atomic E-state index is 9.99. The Morgan fingerprint density at radius 2 is 2.55 bits per heavy atom. The Morgan fingerprint density at radius 3 is 3.09 bits per heavy atom. The third-order valence-electron chi connectivity index (χ3n) is 1.04. The predicted molar refractivity (Wildman–Crippen MR) is 46.1 cm³/mol. The van der Waals surface area contributed by atoms with Crippen LogP contribution in [0.25, 0.3) is 0 Å². The third-order valence-corrected chi connectivity index (χ3v) is 2.81. The molecule has 0 N–H and O–H groups in total. The number of aldehydes is 1. The number of carbonyl (C=O) groups is 1. The first-order valence-corrected chi connectivity index (χ1v) is 5.01. The Bertz CT molecular complexity index is 236. The summed E-state index contributed by atoms with van der Waals surface area (Å²) in [7, 11) is 0. The van der Waals surface area contributed by atoms with Crippen LogP contribution in [0.15, 0.2) is 4.34 Å². The van der Waals surface area contributed by atoms with Crippen molar-refractivity contribution in [3.05, 3.63) is 5.82 Å². The highest BCUT2D eigenvalue weighted by molar-refractivity contribution is 8.01. The van der Waals surface area contributed by atoms with Crippen molar-refractivity contribution in [1.29, 1.82) is 0 Å². The number of thioether (sulfide) groups is 1. The second-order valence-electron chi connectivity index (χ2n) is 1.81. The van der Waals surface area contributed by atoms with E-state index in [1.165, 1.54) is 23.3 Å². The average Bonchev–Trinajstić information content (AvgIpc) is 2.48. The van der Waals surface area contributed by atoms with Crippen molar-refractivity contribution in [2.45, 2.75) is 17.7 Å². The zero-order chi connectivity index (χ0) is 8.10. The molecule has 0 aliphatic carbocycles. The number of hydrogen-bond acceptors (Lipinski definition) is 5. The summed E-state index contributed by atoms with van der Waals surface area (Å²) in [4.78, 5) is 14.2. The standard InChI is InChI=1S/C6H8N2OS2/c1-2-5-7-6(11-8-5)10-4-3-9/h3H,2,4H2,1H3. The third kappa shape index (κ3) is 2.59. The number of nitrogens with zero attached hydrogens (tertiary/aromatic N) is 2. The van der Waals surface area contributed by atoms with E-state index in [2.05, 4.69) is 9.36 Å². The molecule has 0 saturated carbocycles. The highest BCUT2D eigenvalue weighted by Crippen LogP contribution is 2.18. The Labute approximate surface area is 73.4 Å².